The summed E-state index contributed by atoms with van der Waals surface area (Å²) in [4.78, 5) is 11.2. The van der Waals surface area contributed by atoms with Gasteiger partial charge in [0.15, 0.2) is 0 Å². The number of aromatic carboxylic acids is 1. The first-order chi connectivity index (χ1) is 9.91. The zero-order valence-electron chi connectivity index (χ0n) is 12.0. The number of piperidine rings is 1. The molecule has 6 nitrogen and oxygen atoms in total. The van der Waals surface area contributed by atoms with Gasteiger partial charge in [0, 0.05) is 25.8 Å². The van der Waals surface area contributed by atoms with Gasteiger partial charge in [-0.2, -0.15) is 4.31 Å². The summed E-state index contributed by atoms with van der Waals surface area (Å²) in [6.45, 7) is 0.542. The lowest BCUT2D eigenvalue weighted by molar-refractivity contribution is 0.0686. The number of carbonyl (C=O) groups is 1. The van der Waals surface area contributed by atoms with Crippen molar-refractivity contribution in [3.63, 3.8) is 0 Å². The van der Waals surface area contributed by atoms with Gasteiger partial charge in [-0.15, -0.1) is 0 Å². The summed E-state index contributed by atoms with van der Waals surface area (Å²) in [5.74, 6) is -0.646. The van der Waals surface area contributed by atoms with Crippen LogP contribution in [0.3, 0.4) is 0 Å². The second kappa shape index (κ2) is 5.14. The topological polar surface area (TPSA) is 79.6 Å². The molecular formula is C14H20N2O4S. The standard InChI is InChI=1S/C14H20N2O4S/c1-15-9-11(8-13(15)14(17)18)21(19,20)16-7-3-5-10-4-2-6-12(10)16/h8-10,12H,2-7H2,1H3,(H,17,18)/t10-,12-/m0/s1. The maximum atomic E-state index is 12.8. The van der Waals surface area contributed by atoms with Crippen LogP contribution in [0.15, 0.2) is 17.2 Å². The molecule has 0 spiro atoms. The summed E-state index contributed by atoms with van der Waals surface area (Å²) < 4.78 is 28.6. The summed E-state index contributed by atoms with van der Waals surface area (Å²) in [5.41, 5.74) is -0.00597. The maximum Gasteiger partial charge on any atom is 0.352 e. The van der Waals surface area contributed by atoms with Crippen LogP contribution < -0.4 is 0 Å². The molecule has 1 saturated carbocycles. The molecule has 1 aromatic heterocycles. The van der Waals surface area contributed by atoms with E-state index in [-0.39, 0.29) is 16.6 Å². The van der Waals surface area contributed by atoms with E-state index < -0.39 is 16.0 Å². The molecule has 0 aromatic carbocycles. The molecule has 21 heavy (non-hydrogen) atoms. The Morgan fingerprint density at radius 3 is 2.67 bits per heavy atom. The predicted molar refractivity (Wildman–Crippen MR) is 76.6 cm³/mol. The highest BCUT2D eigenvalue weighted by Gasteiger charge is 2.41. The number of hydrogen-bond donors (Lipinski definition) is 1. The lowest BCUT2D eigenvalue weighted by Gasteiger charge is -2.36. The molecule has 1 aliphatic heterocycles. The summed E-state index contributed by atoms with van der Waals surface area (Å²) in [7, 11) is -2.05. The normalized spacial score (nSPS) is 26.7. The zero-order valence-corrected chi connectivity index (χ0v) is 12.8. The van der Waals surface area contributed by atoms with Gasteiger partial charge in [-0.1, -0.05) is 6.42 Å². The number of hydrogen-bond acceptors (Lipinski definition) is 3. The molecule has 7 heteroatoms. The third-order valence-corrected chi connectivity index (χ3v) is 6.64. The Morgan fingerprint density at radius 1 is 1.29 bits per heavy atom. The Bertz CT molecular complexity index is 665. The SMILES string of the molecule is Cn1cc(S(=O)(=O)N2CCC[C@@H]3CCC[C@@H]32)cc1C(=O)O. The fourth-order valence-electron chi connectivity index (χ4n) is 3.73. The molecule has 2 aliphatic rings. The number of aryl methyl sites for hydroxylation is 1. The molecule has 2 heterocycles. The lowest BCUT2D eigenvalue weighted by atomic mass is 9.94. The second-order valence-corrected chi connectivity index (χ2v) is 7.88. The molecule has 1 aromatic rings. The van der Waals surface area contributed by atoms with Crippen molar-refractivity contribution in [2.45, 2.75) is 43.0 Å². The van der Waals surface area contributed by atoms with Crippen LogP contribution in [0.5, 0.6) is 0 Å². The predicted octanol–water partition coefficient (Wildman–Crippen LogP) is 1.68. The van der Waals surface area contributed by atoms with Crippen molar-refractivity contribution >= 4 is 16.0 Å². The number of aromatic nitrogens is 1. The van der Waals surface area contributed by atoms with E-state index in [0.29, 0.717) is 12.5 Å². The van der Waals surface area contributed by atoms with Crippen molar-refractivity contribution in [3.8, 4) is 0 Å². The van der Waals surface area contributed by atoms with Crippen LogP contribution in [0.2, 0.25) is 0 Å². The van der Waals surface area contributed by atoms with Crippen LogP contribution >= 0.6 is 0 Å². The van der Waals surface area contributed by atoms with E-state index >= 15 is 0 Å². The minimum atomic E-state index is -3.60. The van der Waals surface area contributed by atoms with E-state index in [1.54, 1.807) is 11.4 Å². The van der Waals surface area contributed by atoms with Crippen molar-refractivity contribution in [1.29, 1.82) is 0 Å². The molecular weight excluding hydrogens is 292 g/mol. The van der Waals surface area contributed by atoms with E-state index in [1.165, 1.54) is 16.8 Å². The van der Waals surface area contributed by atoms with E-state index in [1.807, 2.05) is 0 Å². The van der Waals surface area contributed by atoms with Crippen LogP contribution in [-0.4, -0.2) is 41.0 Å². The average Bonchev–Trinajstić information content (AvgIpc) is 3.03. The Morgan fingerprint density at radius 2 is 2.00 bits per heavy atom. The molecule has 2 atom stereocenters. The van der Waals surface area contributed by atoms with Gasteiger partial charge in [-0.3, -0.25) is 0 Å². The Labute approximate surface area is 124 Å². The number of nitrogens with zero attached hydrogens (tertiary/aromatic N) is 2. The summed E-state index contributed by atoms with van der Waals surface area (Å²) in [5, 5.41) is 9.08. The molecule has 0 bridgehead atoms. The Balaban J connectivity index is 1.96. The largest absolute Gasteiger partial charge is 0.477 e. The van der Waals surface area contributed by atoms with E-state index in [2.05, 4.69) is 0 Å². The fourth-order valence-corrected chi connectivity index (χ4v) is 5.56. The van der Waals surface area contributed by atoms with Crippen molar-refractivity contribution in [2.24, 2.45) is 13.0 Å². The van der Waals surface area contributed by atoms with Gasteiger partial charge < -0.3 is 9.67 Å². The fraction of sp³-hybridized carbons (Fsp3) is 0.643. The van der Waals surface area contributed by atoms with Crippen LogP contribution in [0.25, 0.3) is 0 Å². The van der Waals surface area contributed by atoms with Crippen LogP contribution in [0.1, 0.15) is 42.6 Å². The average molecular weight is 312 g/mol. The highest BCUT2D eigenvalue weighted by molar-refractivity contribution is 7.89. The first-order valence-corrected chi connectivity index (χ1v) is 8.77. The van der Waals surface area contributed by atoms with Crippen molar-refractivity contribution in [2.75, 3.05) is 6.54 Å². The van der Waals surface area contributed by atoms with Gasteiger partial charge in [0.2, 0.25) is 10.0 Å². The second-order valence-electron chi connectivity index (χ2n) is 5.99. The highest BCUT2D eigenvalue weighted by atomic mass is 32.2. The summed E-state index contributed by atoms with van der Waals surface area (Å²) in [6.07, 6.45) is 6.49. The quantitative estimate of drug-likeness (QED) is 0.921. The lowest BCUT2D eigenvalue weighted by Crippen LogP contribution is -2.45. The number of fused-ring (bicyclic) bond motifs is 1. The van der Waals surface area contributed by atoms with E-state index in [0.717, 1.165) is 32.1 Å². The molecule has 1 saturated heterocycles. The molecule has 0 radical (unpaired) electrons. The van der Waals surface area contributed by atoms with E-state index in [4.69, 9.17) is 5.11 Å². The van der Waals surface area contributed by atoms with Gasteiger partial charge >= 0.3 is 5.97 Å². The maximum absolute atomic E-state index is 12.8. The van der Waals surface area contributed by atoms with Gasteiger partial charge in [0.05, 0.1) is 0 Å². The minimum absolute atomic E-state index is 0.00597. The summed E-state index contributed by atoms with van der Waals surface area (Å²) in [6, 6.07) is 1.35. The van der Waals surface area contributed by atoms with Crippen molar-refractivity contribution < 1.29 is 18.3 Å². The van der Waals surface area contributed by atoms with Gasteiger partial charge in [0.25, 0.3) is 0 Å². The first-order valence-electron chi connectivity index (χ1n) is 7.33. The van der Waals surface area contributed by atoms with Gasteiger partial charge in [-0.25, -0.2) is 13.2 Å². The molecule has 1 N–H and O–H groups in total. The number of carboxylic acid groups (broad SMARTS) is 1. The van der Waals surface area contributed by atoms with Crippen LogP contribution in [0.4, 0.5) is 0 Å². The highest BCUT2D eigenvalue weighted by Crippen LogP contribution is 2.39. The zero-order chi connectivity index (χ0) is 15.2. The Kier molecular flexibility index (Phi) is 3.57. The van der Waals surface area contributed by atoms with Gasteiger partial charge in [0.1, 0.15) is 10.6 Å². The monoisotopic (exact) mass is 312 g/mol. The van der Waals surface area contributed by atoms with Crippen LogP contribution in [-0.2, 0) is 17.1 Å². The third kappa shape index (κ3) is 2.38. The van der Waals surface area contributed by atoms with Gasteiger partial charge in [-0.05, 0) is 37.7 Å². The third-order valence-electron chi connectivity index (χ3n) is 4.75. The summed E-state index contributed by atoms with van der Waals surface area (Å²) >= 11 is 0. The van der Waals surface area contributed by atoms with Crippen molar-refractivity contribution in [3.05, 3.63) is 18.0 Å². The molecule has 2 fully saturated rings. The van der Waals surface area contributed by atoms with E-state index in [9.17, 15) is 13.2 Å². The minimum Gasteiger partial charge on any atom is -0.477 e. The molecule has 0 amide bonds. The van der Waals surface area contributed by atoms with Crippen molar-refractivity contribution in [1.82, 2.24) is 8.87 Å². The Hall–Kier alpha value is -1.34. The smallest absolute Gasteiger partial charge is 0.352 e. The molecule has 1 aliphatic carbocycles. The number of carboxylic acids is 1. The van der Waals surface area contributed by atoms with Crippen LogP contribution in [0, 0.1) is 5.92 Å². The molecule has 0 unspecified atom stereocenters. The molecule has 3 rings (SSSR count). The molecule has 116 valence electrons. The number of rotatable bonds is 3. The first kappa shape index (κ1) is 14.6. The number of sulfonamides is 1.